The summed E-state index contributed by atoms with van der Waals surface area (Å²) in [6.45, 7) is 0.469. The molecule has 10 heteroatoms. The van der Waals surface area contributed by atoms with Gasteiger partial charge in [0, 0.05) is 36.1 Å². The number of imidazole rings is 1. The summed E-state index contributed by atoms with van der Waals surface area (Å²) in [7, 11) is 0. The lowest BCUT2D eigenvalue weighted by Gasteiger charge is -2.10. The molecule has 25 heavy (non-hydrogen) atoms. The average Bonchev–Trinajstić information content (AvgIpc) is 3.04. The number of aromatic nitrogens is 2. The Balaban J connectivity index is 1.96. The molecule has 0 aliphatic rings. The smallest absolute Gasteiger partial charge is 0.339 e. The van der Waals surface area contributed by atoms with Crippen LogP contribution in [-0.2, 0) is 12.7 Å². The minimum atomic E-state index is -4.43. The van der Waals surface area contributed by atoms with Crippen molar-refractivity contribution in [1.29, 1.82) is 0 Å². The van der Waals surface area contributed by atoms with Gasteiger partial charge in [0.25, 0.3) is 6.54 Å². The first-order chi connectivity index (χ1) is 11.8. The summed E-state index contributed by atoms with van der Waals surface area (Å²) in [4.78, 5) is 18.2. The molecule has 0 aliphatic heterocycles. The van der Waals surface area contributed by atoms with Gasteiger partial charge in [0.2, 0.25) is 0 Å². The third kappa shape index (κ3) is 6.24. The number of nitrogens with zero attached hydrogens (tertiary/aromatic N) is 4. The summed E-state index contributed by atoms with van der Waals surface area (Å²) in [6.07, 6.45) is 1.31. The van der Waals surface area contributed by atoms with Crippen LogP contribution in [0.5, 0.6) is 0 Å². The van der Waals surface area contributed by atoms with E-state index in [-0.39, 0.29) is 5.84 Å². The van der Waals surface area contributed by atoms with Crippen molar-refractivity contribution in [3.8, 4) is 0 Å². The first-order valence-electron chi connectivity index (χ1n) is 7.40. The van der Waals surface area contributed by atoms with Crippen molar-refractivity contribution in [1.82, 2.24) is 9.55 Å². The Morgan fingerprint density at radius 2 is 2.04 bits per heavy atom. The van der Waals surface area contributed by atoms with Crippen LogP contribution in [0, 0.1) is 10.1 Å². The maximum Gasteiger partial charge on any atom is 0.416 e. The summed E-state index contributed by atoms with van der Waals surface area (Å²) in [5.41, 5.74) is -0.477. The highest BCUT2D eigenvalue weighted by Crippen LogP contribution is 2.29. The van der Waals surface area contributed by atoms with Crippen LogP contribution in [0.1, 0.15) is 12.0 Å². The standard InChI is InChI=1S/C15H16F3N5O2/c16-15(17,18)12-2-4-13(5-3-12)21-14(10-23(24)25)20-6-1-8-22-9-7-19-11-22/h2-5,7,9,11H,1,6,8,10H2,(H,20,21). The highest BCUT2D eigenvalue weighted by molar-refractivity contribution is 5.96. The fourth-order valence-electron chi connectivity index (χ4n) is 2.05. The van der Waals surface area contributed by atoms with Gasteiger partial charge in [-0.1, -0.05) is 0 Å². The maximum atomic E-state index is 12.5. The molecule has 2 aromatic rings. The van der Waals surface area contributed by atoms with E-state index in [2.05, 4.69) is 15.3 Å². The molecule has 0 spiro atoms. The van der Waals surface area contributed by atoms with Gasteiger partial charge in [-0.15, -0.1) is 0 Å². The van der Waals surface area contributed by atoms with Crippen molar-refractivity contribution < 1.29 is 18.1 Å². The second kappa shape index (κ2) is 8.27. The molecule has 1 heterocycles. The van der Waals surface area contributed by atoms with Crippen LogP contribution in [0.4, 0.5) is 18.9 Å². The maximum absolute atomic E-state index is 12.5. The van der Waals surface area contributed by atoms with E-state index in [1.165, 1.54) is 12.1 Å². The molecule has 1 N–H and O–H groups in total. The second-order valence-corrected chi connectivity index (χ2v) is 5.17. The van der Waals surface area contributed by atoms with Crippen LogP contribution < -0.4 is 5.32 Å². The number of nitrogens with one attached hydrogen (secondary N) is 1. The number of aryl methyl sites for hydroxylation is 1. The molecule has 0 fully saturated rings. The molecule has 0 bridgehead atoms. The Labute approximate surface area is 141 Å². The second-order valence-electron chi connectivity index (χ2n) is 5.17. The van der Waals surface area contributed by atoms with Crippen LogP contribution in [0.2, 0.25) is 0 Å². The lowest BCUT2D eigenvalue weighted by atomic mass is 10.2. The average molecular weight is 355 g/mol. The van der Waals surface area contributed by atoms with Crippen LogP contribution in [0.15, 0.2) is 48.0 Å². The highest BCUT2D eigenvalue weighted by atomic mass is 19.4. The van der Waals surface area contributed by atoms with Crippen LogP contribution in [0.25, 0.3) is 0 Å². The van der Waals surface area contributed by atoms with Crippen molar-refractivity contribution >= 4 is 11.5 Å². The minimum absolute atomic E-state index is 0.0930. The quantitative estimate of drug-likeness (QED) is 0.272. The van der Waals surface area contributed by atoms with Gasteiger partial charge < -0.3 is 9.88 Å². The molecule has 0 atom stereocenters. The van der Waals surface area contributed by atoms with Gasteiger partial charge in [0.1, 0.15) is 0 Å². The molecule has 134 valence electrons. The molecule has 0 radical (unpaired) electrons. The third-order valence-corrected chi connectivity index (χ3v) is 3.22. The number of anilines is 1. The Morgan fingerprint density at radius 1 is 1.32 bits per heavy atom. The van der Waals surface area contributed by atoms with Crippen LogP contribution in [0.3, 0.4) is 0 Å². The Hall–Kier alpha value is -2.91. The molecular formula is C15H16F3N5O2. The number of alkyl halides is 3. The molecule has 1 aromatic carbocycles. The van der Waals surface area contributed by atoms with Crippen molar-refractivity contribution in [2.24, 2.45) is 4.99 Å². The van der Waals surface area contributed by atoms with Gasteiger partial charge in [-0.3, -0.25) is 15.1 Å². The summed E-state index contributed by atoms with van der Waals surface area (Å²) in [5.74, 6) is 0.0930. The Bertz CT molecular complexity index is 712. The predicted molar refractivity (Wildman–Crippen MR) is 86.1 cm³/mol. The largest absolute Gasteiger partial charge is 0.416 e. The van der Waals surface area contributed by atoms with Gasteiger partial charge in [0.05, 0.1) is 11.9 Å². The molecule has 0 amide bonds. The highest BCUT2D eigenvalue weighted by Gasteiger charge is 2.29. The van der Waals surface area contributed by atoms with Gasteiger partial charge in [-0.25, -0.2) is 4.98 Å². The number of amidine groups is 1. The molecular weight excluding hydrogens is 339 g/mol. The van der Waals surface area contributed by atoms with E-state index in [4.69, 9.17) is 0 Å². The monoisotopic (exact) mass is 355 g/mol. The first-order valence-corrected chi connectivity index (χ1v) is 7.40. The van der Waals surface area contributed by atoms with Crippen LogP contribution in [-0.4, -0.2) is 33.4 Å². The fourth-order valence-corrected chi connectivity index (χ4v) is 2.05. The van der Waals surface area contributed by atoms with E-state index in [9.17, 15) is 23.3 Å². The number of nitro groups is 1. The zero-order chi connectivity index (χ0) is 18.3. The lowest BCUT2D eigenvalue weighted by Crippen LogP contribution is -2.23. The molecule has 7 nitrogen and oxygen atoms in total. The molecule has 0 unspecified atom stereocenters. The summed E-state index contributed by atoms with van der Waals surface area (Å²) in [6, 6.07) is 4.24. The number of benzene rings is 1. The lowest BCUT2D eigenvalue weighted by molar-refractivity contribution is -0.463. The predicted octanol–water partition coefficient (Wildman–Crippen LogP) is 3.08. The molecule has 0 aliphatic carbocycles. The topological polar surface area (TPSA) is 85.3 Å². The fraction of sp³-hybridized carbons (Fsp3) is 0.333. The summed E-state index contributed by atoms with van der Waals surface area (Å²) in [5, 5.41) is 13.4. The Morgan fingerprint density at radius 3 is 2.60 bits per heavy atom. The first kappa shape index (κ1) is 18.4. The SMILES string of the molecule is O=[N+]([O-])CC(=NCCCn1ccnc1)Nc1ccc(C(F)(F)F)cc1. The zero-order valence-corrected chi connectivity index (χ0v) is 13.1. The van der Waals surface area contributed by atoms with Crippen molar-refractivity contribution in [2.75, 3.05) is 18.4 Å². The van der Waals surface area contributed by atoms with E-state index < -0.39 is 23.2 Å². The van der Waals surface area contributed by atoms with E-state index in [0.29, 0.717) is 25.2 Å². The van der Waals surface area contributed by atoms with E-state index in [1.54, 1.807) is 18.7 Å². The summed E-state index contributed by atoms with van der Waals surface area (Å²) >= 11 is 0. The summed E-state index contributed by atoms with van der Waals surface area (Å²) < 4.78 is 39.5. The van der Waals surface area contributed by atoms with Crippen molar-refractivity contribution in [3.63, 3.8) is 0 Å². The molecule has 1 aromatic heterocycles. The van der Waals surface area contributed by atoms with E-state index in [1.807, 2.05) is 4.57 Å². The number of hydrogen-bond donors (Lipinski definition) is 1. The number of halogens is 3. The van der Waals surface area contributed by atoms with Crippen LogP contribution >= 0.6 is 0 Å². The van der Waals surface area contributed by atoms with E-state index in [0.717, 1.165) is 12.1 Å². The van der Waals surface area contributed by atoms with Crippen molar-refractivity contribution in [3.05, 3.63) is 58.7 Å². The number of hydrogen-bond acceptors (Lipinski definition) is 4. The van der Waals surface area contributed by atoms with Crippen molar-refractivity contribution in [2.45, 2.75) is 19.1 Å². The third-order valence-electron chi connectivity index (χ3n) is 3.22. The molecule has 0 saturated carbocycles. The van der Waals surface area contributed by atoms with Gasteiger partial charge in [-0.05, 0) is 30.7 Å². The Kier molecular flexibility index (Phi) is 6.09. The van der Waals surface area contributed by atoms with Gasteiger partial charge >= 0.3 is 6.18 Å². The number of rotatable bonds is 7. The molecule has 0 saturated heterocycles. The minimum Gasteiger partial charge on any atom is -0.339 e. The molecule has 2 rings (SSSR count). The van der Waals surface area contributed by atoms with E-state index >= 15 is 0 Å². The zero-order valence-electron chi connectivity index (χ0n) is 13.1. The number of aliphatic imine (C=N–C) groups is 1. The van der Waals surface area contributed by atoms with Gasteiger partial charge in [0.15, 0.2) is 5.84 Å². The van der Waals surface area contributed by atoms with Gasteiger partial charge in [-0.2, -0.15) is 13.2 Å². The normalized spacial score (nSPS) is 12.2.